The Morgan fingerprint density at radius 2 is 1.54 bits per heavy atom. The first-order valence-corrected chi connectivity index (χ1v) is 8.93. The highest BCUT2D eigenvalue weighted by Crippen LogP contribution is 2.26. The van der Waals surface area contributed by atoms with E-state index in [0.29, 0.717) is 6.04 Å². The Morgan fingerprint density at radius 3 is 2.15 bits per heavy atom. The first-order valence-electron chi connectivity index (χ1n) is 8.93. The third-order valence-corrected chi connectivity index (χ3v) is 5.52. The number of nitrogens with one attached hydrogen (secondary N) is 2. The van der Waals surface area contributed by atoms with Gasteiger partial charge in [0.1, 0.15) is 0 Å². The van der Waals surface area contributed by atoms with Crippen LogP contribution in [-0.2, 0) is 0 Å². The van der Waals surface area contributed by atoms with Gasteiger partial charge >= 0.3 is 0 Å². The fourth-order valence-corrected chi connectivity index (χ4v) is 4.19. The second-order valence-electron chi connectivity index (χ2n) is 6.93. The van der Waals surface area contributed by atoms with Crippen molar-refractivity contribution in [3.8, 4) is 0 Å². The second-order valence-corrected chi connectivity index (χ2v) is 6.93. The number of hydrogen-bond acceptors (Lipinski definition) is 4. The van der Waals surface area contributed by atoms with Crippen molar-refractivity contribution in [2.75, 3.05) is 50.7 Å². The molecule has 0 saturated carbocycles. The maximum absolute atomic E-state index is 3.59. The number of halogens is 4. The Hall–Kier alpha value is 0.0600. The summed E-state index contributed by atoms with van der Waals surface area (Å²) >= 11 is 0. The third-order valence-electron chi connectivity index (χ3n) is 5.52. The van der Waals surface area contributed by atoms with Gasteiger partial charge in [-0.15, -0.1) is 49.6 Å². The van der Waals surface area contributed by atoms with E-state index in [1.165, 1.54) is 56.7 Å². The number of piperazine rings is 1. The molecular weight excluding hydrogens is 414 g/mol. The summed E-state index contributed by atoms with van der Waals surface area (Å²) in [6, 6.07) is 10.5. The van der Waals surface area contributed by atoms with Gasteiger partial charge in [0.2, 0.25) is 0 Å². The van der Waals surface area contributed by atoms with Gasteiger partial charge in [-0.1, -0.05) is 12.1 Å². The zero-order valence-electron chi connectivity index (χ0n) is 15.1. The molecule has 4 nitrogen and oxygen atoms in total. The Labute approximate surface area is 182 Å². The van der Waals surface area contributed by atoms with Crippen molar-refractivity contribution in [3.05, 3.63) is 29.8 Å². The summed E-state index contributed by atoms with van der Waals surface area (Å²) in [6.07, 6.45) is 4.12. The van der Waals surface area contributed by atoms with E-state index in [9.17, 15) is 0 Å². The molecule has 2 atom stereocenters. The molecule has 0 spiro atoms. The van der Waals surface area contributed by atoms with Gasteiger partial charge in [0.05, 0.1) is 0 Å². The predicted octanol–water partition coefficient (Wildman–Crippen LogP) is 3.28. The Morgan fingerprint density at radius 1 is 0.846 bits per heavy atom. The van der Waals surface area contributed by atoms with Crippen molar-refractivity contribution in [2.45, 2.75) is 31.3 Å². The van der Waals surface area contributed by atoms with Crippen LogP contribution in [0.3, 0.4) is 0 Å². The van der Waals surface area contributed by atoms with E-state index in [1.54, 1.807) is 0 Å². The van der Waals surface area contributed by atoms with Gasteiger partial charge in [0.25, 0.3) is 0 Å². The molecule has 2 unspecified atom stereocenters. The minimum atomic E-state index is 0. The number of nitrogens with zero attached hydrogens (tertiary/aromatic N) is 2. The molecule has 0 aliphatic carbocycles. The Balaban J connectivity index is 0.00000156. The maximum atomic E-state index is 3.59. The molecule has 3 aliphatic rings. The van der Waals surface area contributed by atoms with Crippen molar-refractivity contribution in [3.63, 3.8) is 0 Å². The minimum absolute atomic E-state index is 0. The average molecular weight is 446 g/mol. The SMILES string of the molecule is Cl.Cl.Cl.Cl.c1cc(N2CCC(N3CCCC3)C2)ccc1C1CNCCN1. The van der Waals surface area contributed by atoms with Gasteiger partial charge in [0, 0.05) is 50.5 Å². The Bertz CT molecular complexity index is 490. The molecule has 26 heavy (non-hydrogen) atoms. The molecule has 2 N–H and O–H groups in total. The number of anilines is 1. The standard InChI is InChI=1S/C18H28N4.4ClH/c1-2-11-21(10-1)17-7-12-22(14-17)16-5-3-15(4-6-16)18-13-19-8-9-20-18;;;;/h3-6,17-20H,1-2,7-14H2;4*1H. The van der Waals surface area contributed by atoms with E-state index in [2.05, 4.69) is 44.7 Å². The summed E-state index contributed by atoms with van der Waals surface area (Å²) in [5, 5.41) is 7.05. The van der Waals surface area contributed by atoms with Crippen molar-refractivity contribution in [1.29, 1.82) is 0 Å². The van der Waals surface area contributed by atoms with Gasteiger partial charge in [-0.3, -0.25) is 4.90 Å². The highest BCUT2D eigenvalue weighted by Gasteiger charge is 2.29. The lowest BCUT2D eigenvalue weighted by Gasteiger charge is -2.26. The maximum Gasteiger partial charge on any atom is 0.0447 e. The van der Waals surface area contributed by atoms with Crippen LogP contribution in [0, 0.1) is 0 Å². The largest absolute Gasteiger partial charge is 0.370 e. The summed E-state index contributed by atoms with van der Waals surface area (Å²) in [5.41, 5.74) is 2.81. The third kappa shape index (κ3) is 6.03. The van der Waals surface area contributed by atoms with Crippen LogP contribution in [0.2, 0.25) is 0 Å². The lowest BCUT2D eigenvalue weighted by atomic mass is 10.0. The van der Waals surface area contributed by atoms with Gasteiger partial charge in [-0.25, -0.2) is 0 Å². The van der Waals surface area contributed by atoms with Crippen LogP contribution in [0.25, 0.3) is 0 Å². The first kappa shape index (κ1) is 26.1. The summed E-state index contributed by atoms with van der Waals surface area (Å²) < 4.78 is 0. The van der Waals surface area contributed by atoms with Crippen LogP contribution in [0.1, 0.15) is 30.9 Å². The molecule has 8 heteroatoms. The highest BCUT2D eigenvalue weighted by molar-refractivity contribution is 5.86. The van der Waals surface area contributed by atoms with Crippen molar-refractivity contribution >= 4 is 55.3 Å². The molecule has 0 radical (unpaired) electrons. The zero-order chi connectivity index (χ0) is 14.8. The predicted molar refractivity (Wildman–Crippen MR) is 120 cm³/mol. The molecule has 3 heterocycles. The topological polar surface area (TPSA) is 30.5 Å². The molecule has 152 valence electrons. The van der Waals surface area contributed by atoms with Crippen LogP contribution < -0.4 is 15.5 Å². The lowest BCUT2D eigenvalue weighted by Crippen LogP contribution is -2.42. The van der Waals surface area contributed by atoms with E-state index in [4.69, 9.17) is 0 Å². The van der Waals surface area contributed by atoms with Crippen molar-refractivity contribution in [1.82, 2.24) is 15.5 Å². The quantitative estimate of drug-likeness (QED) is 0.747. The summed E-state index contributed by atoms with van der Waals surface area (Å²) in [4.78, 5) is 5.27. The smallest absolute Gasteiger partial charge is 0.0447 e. The molecule has 0 aromatic heterocycles. The number of rotatable bonds is 3. The average Bonchev–Trinajstić information content (AvgIpc) is 3.27. The van der Waals surface area contributed by atoms with E-state index in [0.717, 1.165) is 25.7 Å². The molecule has 3 aliphatic heterocycles. The zero-order valence-corrected chi connectivity index (χ0v) is 18.3. The molecule has 1 aromatic rings. The summed E-state index contributed by atoms with van der Waals surface area (Å²) in [6.45, 7) is 8.25. The molecule has 3 saturated heterocycles. The van der Waals surface area contributed by atoms with Crippen LogP contribution in [0.5, 0.6) is 0 Å². The van der Waals surface area contributed by atoms with Gasteiger partial charge in [-0.2, -0.15) is 0 Å². The van der Waals surface area contributed by atoms with Crippen LogP contribution in [0.15, 0.2) is 24.3 Å². The van der Waals surface area contributed by atoms with Crippen molar-refractivity contribution < 1.29 is 0 Å². The van der Waals surface area contributed by atoms with Gasteiger partial charge in [0.15, 0.2) is 0 Å². The van der Waals surface area contributed by atoms with Crippen LogP contribution >= 0.6 is 49.6 Å². The van der Waals surface area contributed by atoms with Gasteiger partial charge in [-0.05, 0) is 50.0 Å². The van der Waals surface area contributed by atoms with Crippen molar-refractivity contribution in [2.24, 2.45) is 0 Å². The molecule has 1 aromatic carbocycles. The molecule has 4 rings (SSSR count). The highest BCUT2D eigenvalue weighted by atomic mass is 35.5. The molecule has 0 amide bonds. The number of likely N-dealkylation sites (tertiary alicyclic amines) is 1. The first-order chi connectivity index (χ1) is 10.9. The molecule has 3 fully saturated rings. The fraction of sp³-hybridized carbons (Fsp3) is 0.667. The minimum Gasteiger partial charge on any atom is -0.370 e. The number of hydrogen-bond donors (Lipinski definition) is 2. The lowest BCUT2D eigenvalue weighted by molar-refractivity contribution is 0.260. The number of benzene rings is 1. The molecular formula is C18H32Cl4N4. The Kier molecular flexibility index (Phi) is 12.5. The van der Waals surface area contributed by atoms with Crippen LogP contribution in [-0.4, -0.2) is 56.8 Å². The monoisotopic (exact) mass is 444 g/mol. The second kappa shape index (κ2) is 12.5. The molecule has 0 bridgehead atoms. The van der Waals surface area contributed by atoms with E-state index in [-0.39, 0.29) is 49.6 Å². The van der Waals surface area contributed by atoms with E-state index < -0.39 is 0 Å². The van der Waals surface area contributed by atoms with Crippen LogP contribution in [0.4, 0.5) is 5.69 Å². The fourth-order valence-electron chi connectivity index (χ4n) is 4.19. The van der Waals surface area contributed by atoms with Gasteiger partial charge < -0.3 is 15.5 Å². The van der Waals surface area contributed by atoms with E-state index >= 15 is 0 Å². The summed E-state index contributed by atoms with van der Waals surface area (Å²) in [7, 11) is 0. The normalized spacial score (nSPS) is 25.5. The summed E-state index contributed by atoms with van der Waals surface area (Å²) in [5.74, 6) is 0. The van der Waals surface area contributed by atoms with E-state index in [1.807, 2.05) is 0 Å².